The zero-order valence-corrected chi connectivity index (χ0v) is 12.5. The quantitative estimate of drug-likeness (QED) is 0.630. The number of benzene rings is 3. The van der Waals surface area contributed by atoms with Crippen molar-refractivity contribution in [3.8, 4) is 6.07 Å². The van der Waals surface area contributed by atoms with Gasteiger partial charge < -0.3 is 0 Å². The molecule has 3 aromatic carbocycles. The molecular formula is C21H17N. The van der Waals surface area contributed by atoms with Crippen LogP contribution in [0.5, 0.6) is 0 Å². The lowest BCUT2D eigenvalue weighted by atomic mass is 9.69. The summed E-state index contributed by atoms with van der Waals surface area (Å²) in [6.07, 6.45) is 0. The minimum Gasteiger partial charge on any atom is -0.197 e. The van der Waals surface area contributed by atoms with Crippen molar-refractivity contribution < 1.29 is 0 Å². The third-order valence-electron chi connectivity index (χ3n) is 4.13. The van der Waals surface area contributed by atoms with Crippen LogP contribution in [-0.2, 0) is 5.41 Å². The molecule has 0 aliphatic rings. The zero-order valence-electron chi connectivity index (χ0n) is 12.5. The molecule has 0 fully saturated rings. The SMILES string of the molecule is Cc1ccccc1C(C#N)(c1ccccc1)c1ccccc1. The Morgan fingerprint density at radius 3 is 1.59 bits per heavy atom. The van der Waals surface area contributed by atoms with Crippen LogP contribution in [0.2, 0.25) is 0 Å². The Kier molecular flexibility index (Phi) is 3.76. The van der Waals surface area contributed by atoms with E-state index in [2.05, 4.69) is 25.1 Å². The van der Waals surface area contributed by atoms with E-state index in [1.807, 2.05) is 72.8 Å². The van der Waals surface area contributed by atoms with E-state index < -0.39 is 5.41 Å². The fraction of sp³-hybridized carbons (Fsp3) is 0.0952. The summed E-state index contributed by atoms with van der Waals surface area (Å²) in [5, 5.41) is 10.2. The van der Waals surface area contributed by atoms with Crippen molar-refractivity contribution in [1.29, 1.82) is 5.26 Å². The fourth-order valence-corrected chi connectivity index (χ4v) is 3.04. The Labute approximate surface area is 131 Å². The number of nitriles is 1. The van der Waals surface area contributed by atoms with Gasteiger partial charge in [0.25, 0.3) is 0 Å². The average molecular weight is 283 g/mol. The van der Waals surface area contributed by atoms with E-state index >= 15 is 0 Å². The number of hydrogen-bond acceptors (Lipinski definition) is 1. The topological polar surface area (TPSA) is 23.8 Å². The monoisotopic (exact) mass is 283 g/mol. The van der Waals surface area contributed by atoms with Crippen molar-refractivity contribution in [2.75, 3.05) is 0 Å². The molecule has 0 saturated heterocycles. The number of hydrogen-bond donors (Lipinski definition) is 0. The molecule has 3 aromatic rings. The van der Waals surface area contributed by atoms with Crippen LogP contribution in [0, 0.1) is 18.3 Å². The van der Waals surface area contributed by atoms with Crippen molar-refractivity contribution >= 4 is 0 Å². The lowest BCUT2D eigenvalue weighted by molar-refractivity contribution is 0.787. The van der Waals surface area contributed by atoms with Crippen molar-refractivity contribution in [3.63, 3.8) is 0 Å². The van der Waals surface area contributed by atoms with Gasteiger partial charge in [0.15, 0.2) is 0 Å². The largest absolute Gasteiger partial charge is 0.197 e. The van der Waals surface area contributed by atoms with Gasteiger partial charge >= 0.3 is 0 Å². The first kappa shape index (κ1) is 14.1. The lowest BCUT2D eigenvalue weighted by Gasteiger charge is -2.30. The van der Waals surface area contributed by atoms with Gasteiger partial charge in [0.2, 0.25) is 0 Å². The van der Waals surface area contributed by atoms with Gasteiger partial charge in [-0.25, -0.2) is 0 Å². The minimum atomic E-state index is -0.784. The summed E-state index contributed by atoms with van der Waals surface area (Å²) in [5.74, 6) is 0. The Bertz CT molecular complexity index is 759. The van der Waals surface area contributed by atoms with Crippen LogP contribution in [0.3, 0.4) is 0 Å². The summed E-state index contributed by atoms with van der Waals surface area (Å²) in [4.78, 5) is 0. The maximum atomic E-state index is 10.2. The molecule has 0 aromatic heterocycles. The fourth-order valence-electron chi connectivity index (χ4n) is 3.04. The van der Waals surface area contributed by atoms with Crippen molar-refractivity contribution in [2.24, 2.45) is 0 Å². The van der Waals surface area contributed by atoms with Gasteiger partial charge in [0, 0.05) is 0 Å². The molecule has 0 radical (unpaired) electrons. The summed E-state index contributed by atoms with van der Waals surface area (Å²) in [7, 11) is 0. The molecule has 0 aliphatic carbocycles. The van der Waals surface area contributed by atoms with Gasteiger partial charge in [0.05, 0.1) is 6.07 Å². The summed E-state index contributed by atoms with van der Waals surface area (Å²) < 4.78 is 0. The molecule has 1 nitrogen and oxygen atoms in total. The van der Waals surface area contributed by atoms with Crippen LogP contribution in [0.4, 0.5) is 0 Å². The second-order valence-corrected chi connectivity index (χ2v) is 5.41. The molecule has 0 bridgehead atoms. The van der Waals surface area contributed by atoms with Crippen LogP contribution in [0.1, 0.15) is 22.3 Å². The average Bonchev–Trinajstić information content (AvgIpc) is 2.59. The molecule has 0 saturated carbocycles. The number of aryl methyl sites for hydroxylation is 1. The minimum absolute atomic E-state index is 0.784. The number of rotatable bonds is 3. The number of nitrogens with zero attached hydrogens (tertiary/aromatic N) is 1. The molecule has 0 unspecified atom stereocenters. The van der Waals surface area contributed by atoms with Crippen LogP contribution in [0.15, 0.2) is 84.9 Å². The summed E-state index contributed by atoms with van der Waals surface area (Å²) in [6, 6.07) is 30.8. The van der Waals surface area contributed by atoms with E-state index in [-0.39, 0.29) is 0 Å². The maximum Gasteiger partial charge on any atom is 0.132 e. The maximum absolute atomic E-state index is 10.2. The molecule has 1 heteroatoms. The molecular weight excluding hydrogens is 266 g/mol. The second kappa shape index (κ2) is 5.87. The first-order valence-electron chi connectivity index (χ1n) is 7.37. The van der Waals surface area contributed by atoms with Crippen LogP contribution < -0.4 is 0 Å². The summed E-state index contributed by atoms with van der Waals surface area (Å²) in [6.45, 7) is 2.06. The highest BCUT2D eigenvalue weighted by atomic mass is 14.4. The standard InChI is InChI=1S/C21H17N/c1-17-10-8-9-15-20(17)21(16-22,18-11-4-2-5-12-18)19-13-6-3-7-14-19/h2-15H,1H3. The highest BCUT2D eigenvalue weighted by Crippen LogP contribution is 2.39. The first-order chi connectivity index (χ1) is 10.8. The van der Waals surface area contributed by atoms with Gasteiger partial charge in [-0.2, -0.15) is 5.26 Å². The van der Waals surface area contributed by atoms with Crippen LogP contribution in [-0.4, -0.2) is 0 Å². The predicted molar refractivity (Wildman–Crippen MR) is 89.6 cm³/mol. The van der Waals surface area contributed by atoms with Gasteiger partial charge in [-0.05, 0) is 29.2 Å². The third-order valence-corrected chi connectivity index (χ3v) is 4.13. The Balaban J connectivity index is 2.37. The third kappa shape index (κ3) is 2.19. The second-order valence-electron chi connectivity index (χ2n) is 5.41. The van der Waals surface area contributed by atoms with Crippen LogP contribution >= 0.6 is 0 Å². The van der Waals surface area contributed by atoms with E-state index in [0.717, 1.165) is 22.3 Å². The van der Waals surface area contributed by atoms with E-state index in [1.165, 1.54) is 0 Å². The van der Waals surface area contributed by atoms with Gasteiger partial charge in [-0.3, -0.25) is 0 Å². The van der Waals surface area contributed by atoms with Gasteiger partial charge in [0.1, 0.15) is 5.41 Å². The Morgan fingerprint density at radius 2 is 1.14 bits per heavy atom. The Hall–Kier alpha value is -2.85. The molecule has 3 rings (SSSR count). The highest BCUT2D eigenvalue weighted by Gasteiger charge is 2.37. The van der Waals surface area contributed by atoms with Gasteiger partial charge in [-0.15, -0.1) is 0 Å². The molecule has 0 N–H and O–H groups in total. The smallest absolute Gasteiger partial charge is 0.132 e. The first-order valence-corrected chi connectivity index (χ1v) is 7.37. The van der Waals surface area contributed by atoms with E-state index in [4.69, 9.17) is 0 Å². The zero-order chi connectivity index (χ0) is 15.4. The van der Waals surface area contributed by atoms with E-state index in [9.17, 15) is 5.26 Å². The van der Waals surface area contributed by atoms with E-state index in [0.29, 0.717) is 0 Å². The van der Waals surface area contributed by atoms with Crippen molar-refractivity contribution in [2.45, 2.75) is 12.3 Å². The molecule has 0 heterocycles. The highest BCUT2D eigenvalue weighted by molar-refractivity contribution is 5.58. The van der Waals surface area contributed by atoms with Gasteiger partial charge in [-0.1, -0.05) is 84.9 Å². The summed E-state index contributed by atoms with van der Waals surface area (Å²) >= 11 is 0. The van der Waals surface area contributed by atoms with Crippen LogP contribution in [0.25, 0.3) is 0 Å². The van der Waals surface area contributed by atoms with Crippen molar-refractivity contribution in [1.82, 2.24) is 0 Å². The molecule has 0 aliphatic heterocycles. The molecule has 22 heavy (non-hydrogen) atoms. The summed E-state index contributed by atoms with van der Waals surface area (Å²) in [5.41, 5.74) is 3.37. The predicted octanol–water partition coefficient (Wildman–Crippen LogP) is 4.85. The molecule has 106 valence electrons. The molecule has 0 atom stereocenters. The Morgan fingerprint density at radius 1 is 0.682 bits per heavy atom. The van der Waals surface area contributed by atoms with Crippen molar-refractivity contribution in [3.05, 3.63) is 107 Å². The lowest BCUT2D eigenvalue weighted by Crippen LogP contribution is -2.28. The molecule has 0 amide bonds. The van der Waals surface area contributed by atoms with E-state index in [1.54, 1.807) is 0 Å². The normalized spacial score (nSPS) is 10.9. The molecule has 0 spiro atoms.